The molecule has 20 heavy (non-hydrogen) atoms. The lowest BCUT2D eigenvalue weighted by Crippen LogP contribution is -2.49. The number of hydrogen-bond acceptors (Lipinski definition) is 4. The van der Waals surface area contributed by atoms with Crippen LogP contribution in [0.2, 0.25) is 0 Å². The number of hydrogen-bond donors (Lipinski definition) is 1. The molecule has 0 spiro atoms. The van der Waals surface area contributed by atoms with E-state index in [-0.39, 0.29) is 0 Å². The number of nitriles is 1. The van der Waals surface area contributed by atoms with Gasteiger partial charge >= 0.3 is 0 Å². The first-order chi connectivity index (χ1) is 9.80. The Balaban J connectivity index is 1.83. The topological polar surface area (TPSA) is 52.0 Å². The van der Waals surface area contributed by atoms with Crippen LogP contribution in [-0.2, 0) is 0 Å². The Bertz CT molecular complexity index is 495. The van der Waals surface area contributed by atoms with Gasteiger partial charge in [0, 0.05) is 30.9 Å². The van der Waals surface area contributed by atoms with Gasteiger partial charge in [-0.15, -0.1) is 0 Å². The molecule has 2 fully saturated rings. The van der Waals surface area contributed by atoms with Crippen molar-refractivity contribution in [2.45, 2.75) is 57.2 Å². The molecule has 2 saturated heterocycles. The zero-order chi connectivity index (χ0) is 13.9. The largest absolute Gasteiger partial charge is 0.353 e. The van der Waals surface area contributed by atoms with Gasteiger partial charge in [-0.2, -0.15) is 5.26 Å². The number of nitrogens with one attached hydrogen (secondary N) is 1. The molecule has 0 amide bonds. The Hall–Kier alpha value is -1.60. The molecular formula is C16H22N4. The molecular weight excluding hydrogens is 248 g/mol. The fourth-order valence-electron chi connectivity index (χ4n) is 3.65. The molecule has 4 nitrogen and oxygen atoms in total. The van der Waals surface area contributed by atoms with Gasteiger partial charge in [-0.3, -0.25) is 0 Å². The lowest BCUT2D eigenvalue weighted by Gasteiger charge is -2.38. The zero-order valence-corrected chi connectivity index (χ0v) is 12.0. The molecule has 0 aromatic carbocycles. The summed E-state index contributed by atoms with van der Waals surface area (Å²) in [7, 11) is 0. The van der Waals surface area contributed by atoms with Gasteiger partial charge in [-0.1, -0.05) is 6.92 Å². The van der Waals surface area contributed by atoms with Crippen LogP contribution in [0.15, 0.2) is 18.3 Å². The van der Waals surface area contributed by atoms with Crippen molar-refractivity contribution >= 4 is 5.82 Å². The molecule has 106 valence electrons. The minimum atomic E-state index is 0.565. The highest BCUT2D eigenvalue weighted by Crippen LogP contribution is 2.31. The third kappa shape index (κ3) is 2.64. The van der Waals surface area contributed by atoms with Gasteiger partial charge in [0.25, 0.3) is 0 Å². The standard InChI is InChI=1S/C16H22N4/c1-2-7-20(16-8-12(11-17)5-6-18-16)15-9-13-3-4-14(10-15)19-13/h5-6,8,13-15,19H,2-4,7,9-10H2,1H3. The van der Waals surface area contributed by atoms with Crippen molar-refractivity contribution in [3.8, 4) is 6.07 Å². The van der Waals surface area contributed by atoms with E-state index in [0.29, 0.717) is 23.7 Å². The monoisotopic (exact) mass is 270 g/mol. The number of nitrogens with zero attached hydrogens (tertiary/aromatic N) is 3. The molecule has 2 unspecified atom stereocenters. The SMILES string of the molecule is CCCN(c1cc(C#N)ccn1)C1CC2CCC(C1)N2. The molecule has 2 atom stereocenters. The van der Waals surface area contributed by atoms with E-state index in [1.54, 1.807) is 12.3 Å². The summed E-state index contributed by atoms with van der Waals surface area (Å²) in [5.41, 5.74) is 0.702. The van der Waals surface area contributed by atoms with E-state index in [9.17, 15) is 0 Å². The summed E-state index contributed by atoms with van der Waals surface area (Å²) in [4.78, 5) is 6.93. The molecule has 0 aliphatic carbocycles. The number of pyridine rings is 1. The second kappa shape index (κ2) is 5.80. The summed E-state index contributed by atoms with van der Waals surface area (Å²) < 4.78 is 0. The third-order valence-electron chi connectivity index (χ3n) is 4.52. The van der Waals surface area contributed by atoms with Crippen LogP contribution in [-0.4, -0.2) is 29.7 Å². The summed E-state index contributed by atoms with van der Waals surface area (Å²) in [5.74, 6) is 0.970. The van der Waals surface area contributed by atoms with Gasteiger partial charge in [-0.25, -0.2) is 4.98 Å². The lowest BCUT2D eigenvalue weighted by molar-refractivity contribution is 0.345. The summed E-state index contributed by atoms with van der Waals surface area (Å²) >= 11 is 0. The van der Waals surface area contributed by atoms with Crippen LogP contribution in [0.4, 0.5) is 5.82 Å². The zero-order valence-electron chi connectivity index (χ0n) is 12.0. The highest BCUT2D eigenvalue weighted by atomic mass is 15.2. The van der Waals surface area contributed by atoms with Crippen molar-refractivity contribution in [3.63, 3.8) is 0 Å². The number of rotatable bonds is 4. The molecule has 2 aliphatic rings. The summed E-state index contributed by atoms with van der Waals surface area (Å²) in [6.07, 6.45) is 7.90. The summed E-state index contributed by atoms with van der Waals surface area (Å²) in [6, 6.07) is 7.85. The molecule has 1 aromatic heterocycles. The van der Waals surface area contributed by atoms with E-state index in [0.717, 1.165) is 18.8 Å². The van der Waals surface area contributed by atoms with Gasteiger partial charge in [-0.05, 0) is 44.2 Å². The van der Waals surface area contributed by atoms with Crippen LogP contribution in [0.3, 0.4) is 0 Å². The fourth-order valence-corrected chi connectivity index (χ4v) is 3.65. The molecule has 2 aliphatic heterocycles. The van der Waals surface area contributed by atoms with Crippen LogP contribution >= 0.6 is 0 Å². The minimum absolute atomic E-state index is 0.565. The summed E-state index contributed by atoms with van der Waals surface area (Å²) in [6.45, 7) is 3.23. The van der Waals surface area contributed by atoms with Gasteiger partial charge < -0.3 is 10.2 Å². The minimum Gasteiger partial charge on any atom is -0.353 e. The van der Waals surface area contributed by atoms with Gasteiger partial charge in [0.05, 0.1) is 11.6 Å². The highest BCUT2D eigenvalue weighted by molar-refractivity contribution is 5.46. The maximum atomic E-state index is 9.07. The van der Waals surface area contributed by atoms with Gasteiger partial charge in [0.2, 0.25) is 0 Å². The number of piperidine rings is 1. The van der Waals surface area contributed by atoms with Crippen LogP contribution in [0, 0.1) is 11.3 Å². The van der Waals surface area contributed by atoms with Crippen LogP contribution < -0.4 is 10.2 Å². The maximum Gasteiger partial charge on any atom is 0.130 e. The Kier molecular flexibility index (Phi) is 3.88. The number of aromatic nitrogens is 1. The van der Waals surface area contributed by atoms with E-state index in [1.807, 2.05) is 6.07 Å². The molecule has 2 bridgehead atoms. The molecule has 0 radical (unpaired) electrons. The Morgan fingerprint density at radius 3 is 2.80 bits per heavy atom. The van der Waals surface area contributed by atoms with Crippen LogP contribution in [0.5, 0.6) is 0 Å². The molecule has 4 heteroatoms. The second-order valence-corrected chi connectivity index (χ2v) is 5.97. The van der Waals surface area contributed by atoms with Crippen LogP contribution in [0.1, 0.15) is 44.6 Å². The Labute approximate surface area is 120 Å². The Morgan fingerprint density at radius 2 is 2.15 bits per heavy atom. The first kappa shape index (κ1) is 13.4. The quantitative estimate of drug-likeness (QED) is 0.913. The van der Waals surface area contributed by atoms with E-state index in [4.69, 9.17) is 5.26 Å². The first-order valence-electron chi connectivity index (χ1n) is 7.69. The molecule has 0 saturated carbocycles. The van der Waals surface area contributed by atoms with E-state index >= 15 is 0 Å². The van der Waals surface area contributed by atoms with Gasteiger partial charge in [0.1, 0.15) is 5.82 Å². The normalized spacial score (nSPS) is 28.1. The van der Waals surface area contributed by atoms with Gasteiger partial charge in [0.15, 0.2) is 0 Å². The van der Waals surface area contributed by atoms with Crippen molar-refractivity contribution in [3.05, 3.63) is 23.9 Å². The average molecular weight is 270 g/mol. The van der Waals surface area contributed by atoms with Crippen molar-refractivity contribution in [2.24, 2.45) is 0 Å². The molecule has 1 aromatic rings. The maximum absolute atomic E-state index is 9.07. The molecule has 3 rings (SSSR count). The van der Waals surface area contributed by atoms with E-state index < -0.39 is 0 Å². The number of fused-ring (bicyclic) bond motifs is 2. The predicted octanol–water partition coefficient (Wildman–Crippen LogP) is 2.45. The first-order valence-corrected chi connectivity index (χ1v) is 7.69. The number of anilines is 1. The van der Waals surface area contributed by atoms with Crippen molar-refractivity contribution < 1.29 is 0 Å². The highest BCUT2D eigenvalue weighted by Gasteiger charge is 2.36. The van der Waals surface area contributed by atoms with E-state index in [2.05, 4.69) is 28.2 Å². The van der Waals surface area contributed by atoms with Crippen molar-refractivity contribution in [1.29, 1.82) is 5.26 Å². The lowest BCUT2D eigenvalue weighted by atomic mass is 9.97. The molecule has 3 heterocycles. The molecule has 1 N–H and O–H groups in total. The van der Waals surface area contributed by atoms with Crippen molar-refractivity contribution in [2.75, 3.05) is 11.4 Å². The fraction of sp³-hybridized carbons (Fsp3) is 0.625. The average Bonchev–Trinajstić information content (AvgIpc) is 2.83. The van der Waals surface area contributed by atoms with Crippen LogP contribution in [0.25, 0.3) is 0 Å². The van der Waals surface area contributed by atoms with E-state index in [1.165, 1.54) is 25.7 Å². The Morgan fingerprint density at radius 1 is 1.40 bits per heavy atom. The smallest absolute Gasteiger partial charge is 0.130 e. The van der Waals surface area contributed by atoms with Crippen molar-refractivity contribution in [1.82, 2.24) is 10.3 Å². The summed E-state index contributed by atoms with van der Waals surface area (Å²) in [5, 5.41) is 12.8. The third-order valence-corrected chi connectivity index (χ3v) is 4.52. The second-order valence-electron chi connectivity index (χ2n) is 5.97. The predicted molar refractivity (Wildman–Crippen MR) is 79.6 cm³/mol.